The lowest BCUT2D eigenvalue weighted by molar-refractivity contribution is -0.126. The van der Waals surface area contributed by atoms with Crippen LogP contribution in [0.1, 0.15) is 55.4 Å². The molecule has 0 radical (unpaired) electrons. The van der Waals surface area contributed by atoms with Crippen LogP contribution in [0.2, 0.25) is 0 Å². The zero-order valence-corrected chi connectivity index (χ0v) is 15.7. The molecule has 1 N–H and O–H groups in total. The molecular formula is C22H27N3O2. The molecule has 27 heavy (non-hydrogen) atoms. The molecule has 2 fully saturated rings. The van der Waals surface area contributed by atoms with Gasteiger partial charge in [-0.3, -0.25) is 9.59 Å². The monoisotopic (exact) mass is 365 g/mol. The second kappa shape index (κ2) is 8.07. The van der Waals surface area contributed by atoms with Gasteiger partial charge in [-0.25, -0.2) is 4.98 Å². The van der Waals surface area contributed by atoms with E-state index < -0.39 is 0 Å². The maximum atomic E-state index is 12.8. The van der Waals surface area contributed by atoms with Crippen molar-refractivity contribution in [3.8, 4) is 0 Å². The van der Waals surface area contributed by atoms with Gasteiger partial charge in [-0.1, -0.05) is 43.5 Å². The molecule has 2 aromatic rings. The van der Waals surface area contributed by atoms with Gasteiger partial charge in [-0.2, -0.15) is 0 Å². The Morgan fingerprint density at radius 3 is 2.44 bits per heavy atom. The van der Waals surface area contributed by atoms with Gasteiger partial charge in [-0.05, 0) is 37.8 Å². The van der Waals surface area contributed by atoms with Crippen molar-refractivity contribution in [2.45, 2.75) is 51.0 Å². The number of rotatable bonds is 3. The lowest BCUT2D eigenvalue weighted by Gasteiger charge is -2.33. The summed E-state index contributed by atoms with van der Waals surface area (Å²) in [4.78, 5) is 31.6. The highest BCUT2D eigenvalue weighted by atomic mass is 16.2. The molecular weight excluding hydrogens is 338 g/mol. The molecule has 2 amide bonds. The van der Waals surface area contributed by atoms with E-state index in [1.807, 2.05) is 41.3 Å². The number of fused-ring (bicyclic) bond motifs is 1. The number of nitrogens with one attached hydrogen (secondary N) is 1. The van der Waals surface area contributed by atoms with E-state index in [1.165, 1.54) is 19.3 Å². The number of nitrogens with zero attached hydrogens (tertiary/aromatic N) is 2. The highest BCUT2D eigenvalue weighted by molar-refractivity contribution is 5.95. The summed E-state index contributed by atoms with van der Waals surface area (Å²) in [6.45, 7) is 1.34. The Bertz CT molecular complexity index is 821. The molecule has 1 aliphatic carbocycles. The molecule has 0 unspecified atom stereocenters. The topological polar surface area (TPSA) is 62.3 Å². The summed E-state index contributed by atoms with van der Waals surface area (Å²) >= 11 is 0. The molecule has 142 valence electrons. The smallest absolute Gasteiger partial charge is 0.272 e. The summed E-state index contributed by atoms with van der Waals surface area (Å²) in [5, 5.41) is 4.26. The predicted molar refractivity (Wildman–Crippen MR) is 105 cm³/mol. The molecule has 0 spiro atoms. The van der Waals surface area contributed by atoms with Crippen LogP contribution in [0.3, 0.4) is 0 Å². The largest absolute Gasteiger partial charge is 0.353 e. The van der Waals surface area contributed by atoms with Gasteiger partial charge in [0.15, 0.2) is 0 Å². The third kappa shape index (κ3) is 4.12. The minimum atomic E-state index is -0.0159. The quantitative estimate of drug-likeness (QED) is 0.905. The van der Waals surface area contributed by atoms with Crippen LogP contribution in [-0.4, -0.2) is 40.8 Å². The second-order valence-electron chi connectivity index (χ2n) is 7.80. The maximum absolute atomic E-state index is 12.8. The first kappa shape index (κ1) is 18.0. The SMILES string of the molecule is O=C(NC1CCN(C(=O)c2ccc3ccccc3n2)CC1)C1CCCCC1. The van der Waals surface area contributed by atoms with Gasteiger partial charge in [0.1, 0.15) is 5.69 Å². The third-order valence-electron chi connectivity index (χ3n) is 5.92. The van der Waals surface area contributed by atoms with Crippen LogP contribution in [0.15, 0.2) is 36.4 Å². The molecule has 4 rings (SSSR count). The van der Waals surface area contributed by atoms with Crippen LogP contribution in [-0.2, 0) is 4.79 Å². The molecule has 2 heterocycles. The second-order valence-corrected chi connectivity index (χ2v) is 7.80. The fourth-order valence-electron chi connectivity index (χ4n) is 4.26. The zero-order chi connectivity index (χ0) is 18.6. The van der Waals surface area contributed by atoms with Gasteiger partial charge in [0.2, 0.25) is 5.91 Å². The van der Waals surface area contributed by atoms with Crippen molar-refractivity contribution in [3.05, 3.63) is 42.1 Å². The van der Waals surface area contributed by atoms with E-state index in [9.17, 15) is 9.59 Å². The summed E-state index contributed by atoms with van der Waals surface area (Å²) in [5.41, 5.74) is 1.34. The van der Waals surface area contributed by atoms with Crippen molar-refractivity contribution in [1.29, 1.82) is 0 Å². The van der Waals surface area contributed by atoms with E-state index in [1.54, 1.807) is 0 Å². The highest BCUT2D eigenvalue weighted by Crippen LogP contribution is 2.24. The standard InChI is InChI=1S/C22H27N3O2/c26-21(17-7-2-1-3-8-17)23-18-12-14-25(15-13-18)22(27)20-11-10-16-6-4-5-9-19(16)24-20/h4-6,9-11,17-18H,1-3,7-8,12-15H2,(H,23,26). The molecule has 1 aromatic heterocycles. The number of amides is 2. The summed E-state index contributed by atoms with van der Waals surface area (Å²) in [6, 6.07) is 11.8. The van der Waals surface area contributed by atoms with Crippen molar-refractivity contribution in [2.75, 3.05) is 13.1 Å². The third-order valence-corrected chi connectivity index (χ3v) is 5.92. The first-order valence-corrected chi connectivity index (χ1v) is 10.2. The molecule has 2 aliphatic rings. The van der Waals surface area contributed by atoms with E-state index >= 15 is 0 Å². The van der Waals surface area contributed by atoms with Crippen molar-refractivity contribution >= 4 is 22.7 Å². The van der Waals surface area contributed by atoms with E-state index in [-0.39, 0.29) is 23.8 Å². The Kier molecular flexibility index (Phi) is 5.37. The van der Waals surface area contributed by atoms with Crippen molar-refractivity contribution in [1.82, 2.24) is 15.2 Å². The number of pyridine rings is 1. The molecule has 1 saturated heterocycles. The van der Waals surface area contributed by atoms with Crippen LogP contribution < -0.4 is 5.32 Å². The Morgan fingerprint density at radius 1 is 0.926 bits per heavy atom. The summed E-state index contributed by atoms with van der Waals surface area (Å²) in [5.74, 6) is 0.397. The average molecular weight is 365 g/mol. The van der Waals surface area contributed by atoms with Gasteiger partial charge >= 0.3 is 0 Å². The number of benzene rings is 1. The van der Waals surface area contributed by atoms with Crippen LogP contribution in [0.5, 0.6) is 0 Å². The van der Waals surface area contributed by atoms with E-state index in [2.05, 4.69) is 10.3 Å². The Labute approximate surface area is 160 Å². The fourth-order valence-corrected chi connectivity index (χ4v) is 4.26. The number of hydrogen-bond donors (Lipinski definition) is 1. The Balaban J connectivity index is 1.32. The molecule has 5 nitrogen and oxygen atoms in total. The molecule has 0 atom stereocenters. The van der Waals surface area contributed by atoms with E-state index in [4.69, 9.17) is 0 Å². The molecule has 5 heteroatoms. The Morgan fingerprint density at radius 2 is 1.67 bits per heavy atom. The fraction of sp³-hybridized carbons (Fsp3) is 0.500. The number of likely N-dealkylation sites (tertiary alicyclic amines) is 1. The number of aromatic nitrogens is 1. The van der Waals surface area contributed by atoms with E-state index in [0.29, 0.717) is 18.8 Å². The number of hydrogen-bond acceptors (Lipinski definition) is 3. The minimum absolute atomic E-state index is 0.0159. The lowest BCUT2D eigenvalue weighted by atomic mass is 9.88. The van der Waals surface area contributed by atoms with Gasteiger partial charge in [-0.15, -0.1) is 0 Å². The number of para-hydroxylation sites is 1. The van der Waals surface area contributed by atoms with Gasteiger partial charge in [0.25, 0.3) is 5.91 Å². The number of carbonyl (C=O) groups excluding carboxylic acids is 2. The van der Waals surface area contributed by atoms with Gasteiger partial charge in [0.05, 0.1) is 5.52 Å². The molecule has 0 bridgehead atoms. The number of piperidine rings is 1. The highest BCUT2D eigenvalue weighted by Gasteiger charge is 2.28. The first-order valence-electron chi connectivity index (χ1n) is 10.2. The predicted octanol–water partition coefficient (Wildman–Crippen LogP) is 3.54. The van der Waals surface area contributed by atoms with Crippen LogP contribution >= 0.6 is 0 Å². The summed E-state index contributed by atoms with van der Waals surface area (Å²) in [6.07, 6.45) is 7.28. The first-order chi connectivity index (χ1) is 13.2. The normalized spacial score (nSPS) is 19.2. The average Bonchev–Trinajstić information content (AvgIpc) is 2.74. The van der Waals surface area contributed by atoms with Crippen molar-refractivity contribution in [3.63, 3.8) is 0 Å². The summed E-state index contributed by atoms with van der Waals surface area (Å²) in [7, 11) is 0. The minimum Gasteiger partial charge on any atom is -0.353 e. The van der Waals surface area contributed by atoms with Crippen LogP contribution in [0.4, 0.5) is 0 Å². The number of carbonyl (C=O) groups is 2. The maximum Gasteiger partial charge on any atom is 0.272 e. The Hall–Kier alpha value is -2.43. The lowest BCUT2D eigenvalue weighted by Crippen LogP contribution is -2.48. The van der Waals surface area contributed by atoms with Gasteiger partial charge < -0.3 is 10.2 Å². The van der Waals surface area contributed by atoms with Crippen molar-refractivity contribution in [2.24, 2.45) is 5.92 Å². The van der Waals surface area contributed by atoms with Crippen LogP contribution in [0.25, 0.3) is 10.9 Å². The zero-order valence-electron chi connectivity index (χ0n) is 15.7. The molecule has 1 saturated carbocycles. The molecule has 1 aliphatic heterocycles. The van der Waals surface area contributed by atoms with Gasteiger partial charge in [0, 0.05) is 30.4 Å². The van der Waals surface area contributed by atoms with Crippen molar-refractivity contribution < 1.29 is 9.59 Å². The summed E-state index contributed by atoms with van der Waals surface area (Å²) < 4.78 is 0. The molecule has 1 aromatic carbocycles. The van der Waals surface area contributed by atoms with Crippen LogP contribution in [0, 0.1) is 5.92 Å². The van der Waals surface area contributed by atoms with E-state index in [0.717, 1.165) is 36.6 Å².